The van der Waals surface area contributed by atoms with Crippen LogP contribution >= 0.6 is 0 Å². The van der Waals surface area contributed by atoms with Crippen LogP contribution in [0.2, 0.25) is 0 Å². The summed E-state index contributed by atoms with van der Waals surface area (Å²) in [6, 6.07) is 9.16. The molecule has 1 aromatic carbocycles. The molecule has 1 aromatic heterocycles. The highest BCUT2D eigenvalue weighted by Crippen LogP contribution is 2.16. The summed E-state index contributed by atoms with van der Waals surface area (Å²) >= 11 is 0. The molecule has 5 heteroatoms. The number of hydrogen-bond acceptors (Lipinski definition) is 4. The number of aryl methyl sites for hydroxylation is 1. The highest BCUT2D eigenvalue weighted by Gasteiger charge is 2.09. The van der Waals surface area contributed by atoms with Gasteiger partial charge in [-0.1, -0.05) is 0 Å². The van der Waals surface area contributed by atoms with Gasteiger partial charge in [0.05, 0.1) is 11.9 Å². The lowest BCUT2D eigenvalue weighted by molar-refractivity contribution is 0.102. The van der Waals surface area contributed by atoms with Crippen LogP contribution in [0.15, 0.2) is 36.5 Å². The molecule has 0 radical (unpaired) electrons. The summed E-state index contributed by atoms with van der Waals surface area (Å²) in [4.78, 5) is 18.2. The van der Waals surface area contributed by atoms with Gasteiger partial charge in [-0.3, -0.25) is 4.79 Å². The molecular formula is C15H18N4O. The fraction of sp³-hybridized carbons (Fsp3) is 0.200. The summed E-state index contributed by atoms with van der Waals surface area (Å²) in [5.41, 5.74) is 8.69. The van der Waals surface area contributed by atoms with Crippen LogP contribution in [-0.4, -0.2) is 25.0 Å². The average Bonchev–Trinajstić information content (AvgIpc) is 2.42. The van der Waals surface area contributed by atoms with E-state index >= 15 is 0 Å². The number of amides is 1. The lowest BCUT2D eigenvalue weighted by Crippen LogP contribution is -2.14. The van der Waals surface area contributed by atoms with Crippen molar-refractivity contribution < 1.29 is 4.79 Å². The molecule has 20 heavy (non-hydrogen) atoms. The predicted molar refractivity (Wildman–Crippen MR) is 82.1 cm³/mol. The van der Waals surface area contributed by atoms with Gasteiger partial charge in [0.15, 0.2) is 0 Å². The lowest BCUT2D eigenvalue weighted by atomic mass is 10.2. The molecule has 0 aliphatic rings. The summed E-state index contributed by atoms with van der Waals surface area (Å²) in [7, 11) is 3.91. The minimum atomic E-state index is -0.185. The van der Waals surface area contributed by atoms with Crippen molar-refractivity contribution in [3.63, 3.8) is 0 Å². The van der Waals surface area contributed by atoms with E-state index in [-0.39, 0.29) is 5.91 Å². The summed E-state index contributed by atoms with van der Waals surface area (Å²) in [6.07, 6.45) is 1.53. The standard InChI is InChI=1S/C15H18N4O/c1-10-8-12(16)9-17-14(10)18-15(20)11-4-6-13(7-5-11)19(2)3/h4-9H,16H2,1-3H3,(H,17,18,20). The average molecular weight is 270 g/mol. The van der Waals surface area contributed by atoms with E-state index in [1.165, 1.54) is 6.20 Å². The molecule has 2 rings (SSSR count). The Labute approximate surface area is 118 Å². The van der Waals surface area contributed by atoms with E-state index in [9.17, 15) is 4.79 Å². The van der Waals surface area contributed by atoms with Crippen LogP contribution in [0.5, 0.6) is 0 Å². The van der Waals surface area contributed by atoms with Gasteiger partial charge < -0.3 is 16.0 Å². The highest BCUT2D eigenvalue weighted by molar-refractivity contribution is 6.04. The number of nitrogen functional groups attached to an aromatic ring is 1. The second-order valence-electron chi connectivity index (χ2n) is 4.83. The molecule has 3 N–H and O–H groups in total. The Balaban J connectivity index is 2.15. The van der Waals surface area contributed by atoms with E-state index in [0.717, 1.165) is 11.3 Å². The maximum Gasteiger partial charge on any atom is 0.256 e. The Hall–Kier alpha value is -2.56. The molecule has 104 valence electrons. The smallest absolute Gasteiger partial charge is 0.256 e. The van der Waals surface area contributed by atoms with Crippen LogP contribution in [0.1, 0.15) is 15.9 Å². The van der Waals surface area contributed by atoms with Gasteiger partial charge in [-0.15, -0.1) is 0 Å². The quantitative estimate of drug-likeness (QED) is 0.897. The Morgan fingerprint density at radius 1 is 1.25 bits per heavy atom. The van der Waals surface area contributed by atoms with Crippen molar-refractivity contribution >= 4 is 23.1 Å². The van der Waals surface area contributed by atoms with Crippen molar-refractivity contribution in [1.29, 1.82) is 0 Å². The fourth-order valence-corrected chi connectivity index (χ4v) is 1.82. The van der Waals surface area contributed by atoms with E-state index in [1.54, 1.807) is 18.2 Å². The number of nitrogens with one attached hydrogen (secondary N) is 1. The summed E-state index contributed by atoms with van der Waals surface area (Å²) in [5.74, 6) is 0.344. The van der Waals surface area contributed by atoms with Crippen molar-refractivity contribution in [2.45, 2.75) is 6.92 Å². The van der Waals surface area contributed by atoms with Crippen molar-refractivity contribution in [2.75, 3.05) is 30.0 Å². The van der Waals surface area contributed by atoms with Crippen molar-refractivity contribution in [1.82, 2.24) is 4.98 Å². The number of carbonyl (C=O) groups is 1. The SMILES string of the molecule is Cc1cc(N)cnc1NC(=O)c1ccc(N(C)C)cc1. The first-order valence-corrected chi connectivity index (χ1v) is 6.28. The van der Waals surface area contributed by atoms with E-state index < -0.39 is 0 Å². The number of hydrogen-bond donors (Lipinski definition) is 2. The second kappa shape index (κ2) is 5.61. The molecule has 1 amide bonds. The van der Waals surface area contributed by atoms with Crippen LogP contribution < -0.4 is 16.0 Å². The van der Waals surface area contributed by atoms with Crippen molar-refractivity contribution in [2.24, 2.45) is 0 Å². The van der Waals surface area contributed by atoms with Gasteiger partial charge in [-0.25, -0.2) is 4.98 Å². The van der Waals surface area contributed by atoms with Crippen LogP contribution in [0.3, 0.4) is 0 Å². The highest BCUT2D eigenvalue weighted by atomic mass is 16.1. The molecule has 0 atom stereocenters. The monoisotopic (exact) mass is 270 g/mol. The number of anilines is 3. The predicted octanol–water partition coefficient (Wildman–Crippen LogP) is 2.29. The van der Waals surface area contributed by atoms with Gasteiger partial charge in [0.1, 0.15) is 5.82 Å². The Morgan fingerprint density at radius 2 is 1.90 bits per heavy atom. The molecule has 0 spiro atoms. The largest absolute Gasteiger partial charge is 0.397 e. The van der Waals surface area contributed by atoms with Crippen LogP contribution in [0, 0.1) is 6.92 Å². The third-order valence-corrected chi connectivity index (χ3v) is 2.98. The molecule has 2 aromatic rings. The molecule has 0 aliphatic carbocycles. The van der Waals surface area contributed by atoms with Gasteiger partial charge in [0, 0.05) is 25.3 Å². The maximum atomic E-state index is 12.1. The van der Waals surface area contributed by atoms with Crippen molar-refractivity contribution in [3.8, 4) is 0 Å². The van der Waals surface area contributed by atoms with E-state index in [0.29, 0.717) is 17.1 Å². The van der Waals surface area contributed by atoms with Crippen LogP contribution in [0.25, 0.3) is 0 Å². The van der Waals surface area contributed by atoms with Crippen LogP contribution in [-0.2, 0) is 0 Å². The summed E-state index contributed by atoms with van der Waals surface area (Å²) in [5, 5.41) is 2.78. The minimum Gasteiger partial charge on any atom is -0.397 e. The molecule has 5 nitrogen and oxygen atoms in total. The third kappa shape index (κ3) is 3.06. The number of nitrogens with two attached hydrogens (primary N) is 1. The van der Waals surface area contributed by atoms with Gasteiger partial charge >= 0.3 is 0 Å². The molecule has 1 heterocycles. The molecule has 0 aliphatic heterocycles. The number of aromatic nitrogens is 1. The van der Waals surface area contributed by atoms with Gasteiger partial charge in [-0.2, -0.15) is 0 Å². The maximum absolute atomic E-state index is 12.1. The van der Waals surface area contributed by atoms with Gasteiger partial charge in [-0.05, 0) is 42.8 Å². The lowest BCUT2D eigenvalue weighted by Gasteiger charge is -2.13. The van der Waals surface area contributed by atoms with E-state index in [2.05, 4.69) is 10.3 Å². The fourth-order valence-electron chi connectivity index (χ4n) is 1.82. The number of carbonyl (C=O) groups excluding carboxylic acids is 1. The van der Waals surface area contributed by atoms with Gasteiger partial charge in [0.2, 0.25) is 0 Å². The molecule has 0 saturated heterocycles. The first kappa shape index (κ1) is 13.9. The van der Waals surface area contributed by atoms with Crippen molar-refractivity contribution in [3.05, 3.63) is 47.7 Å². The summed E-state index contributed by atoms with van der Waals surface area (Å²) < 4.78 is 0. The Kier molecular flexibility index (Phi) is 3.89. The van der Waals surface area contributed by atoms with Crippen LogP contribution in [0.4, 0.5) is 17.2 Å². The second-order valence-corrected chi connectivity index (χ2v) is 4.83. The van der Waals surface area contributed by atoms with Gasteiger partial charge in [0.25, 0.3) is 5.91 Å². The molecule has 0 saturated carbocycles. The molecule has 0 fully saturated rings. The number of nitrogens with zero attached hydrogens (tertiary/aromatic N) is 2. The van der Waals surface area contributed by atoms with E-state index in [4.69, 9.17) is 5.73 Å². The summed E-state index contributed by atoms with van der Waals surface area (Å²) in [6.45, 7) is 1.86. The zero-order valence-corrected chi connectivity index (χ0v) is 11.8. The molecule has 0 bridgehead atoms. The third-order valence-electron chi connectivity index (χ3n) is 2.98. The number of pyridine rings is 1. The molecule has 0 unspecified atom stereocenters. The zero-order valence-electron chi connectivity index (χ0n) is 11.8. The number of rotatable bonds is 3. The normalized spacial score (nSPS) is 10.2. The minimum absolute atomic E-state index is 0.185. The first-order valence-electron chi connectivity index (χ1n) is 6.28. The Bertz CT molecular complexity index is 620. The topological polar surface area (TPSA) is 71.2 Å². The molecular weight excluding hydrogens is 252 g/mol. The first-order chi connectivity index (χ1) is 9.47. The van der Waals surface area contributed by atoms with E-state index in [1.807, 2.05) is 38.1 Å². The number of benzene rings is 1. The Morgan fingerprint density at radius 3 is 2.45 bits per heavy atom. The zero-order chi connectivity index (χ0) is 14.7.